The summed E-state index contributed by atoms with van der Waals surface area (Å²) in [7, 11) is 0. The van der Waals surface area contributed by atoms with Crippen LogP contribution < -0.4 is 11.1 Å². The molecule has 0 unspecified atom stereocenters. The molecule has 0 saturated heterocycles. The Balaban J connectivity index is 3.88. The molecule has 106 valence electrons. The number of hydrogen-bond donors (Lipinski definition) is 3. The van der Waals surface area contributed by atoms with Crippen molar-refractivity contribution >= 4 is 11.9 Å². The van der Waals surface area contributed by atoms with Gasteiger partial charge in [0.05, 0.1) is 6.04 Å². The average Bonchev–Trinajstić information content (AvgIpc) is 2.35. The van der Waals surface area contributed by atoms with Crippen molar-refractivity contribution in [2.24, 2.45) is 11.7 Å². The zero-order valence-corrected chi connectivity index (χ0v) is 11.4. The van der Waals surface area contributed by atoms with Crippen LogP contribution in [-0.4, -0.2) is 29.6 Å². The highest BCUT2D eigenvalue weighted by Gasteiger charge is 2.15. The second kappa shape index (κ2) is 9.88. The van der Waals surface area contributed by atoms with Gasteiger partial charge in [0.25, 0.3) is 0 Å². The topological polar surface area (TPSA) is 92.4 Å². The lowest BCUT2D eigenvalue weighted by molar-refractivity contribution is -0.137. The van der Waals surface area contributed by atoms with Crippen LogP contribution in [0, 0.1) is 5.92 Å². The molecule has 0 aromatic carbocycles. The number of carboxylic acids is 1. The van der Waals surface area contributed by atoms with Crippen LogP contribution in [0.1, 0.15) is 52.4 Å². The molecular formula is C13H26N2O3. The molecule has 0 radical (unpaired) electrons. The Hall–Kier alpha value is -1.10. The van der Waals surface area contributed by atoms with Crippen LogP contribution in [-0.2, 0) is 9.59 Å². The summed E-state index contributed by atoms with van der Waals surface area (Å²) in [6, 6.07) is -0.718. The Morgan fingerprint density at radius 2 is 1.94 bits per heavy atom. The lowest BCUT2D eigenvalue weighted by Crippen LogP contribution is -2.42. The van der Waals surface area contributed by atoms with E-state index in [0.717, 1.165) is 19.3 Å². The van der Waals surface area contributed by atoms with Crippen LogP contribution in [0.5, 0.6) is 0 Å². The van der Waals surface area contributed by atoms with E-state index in [-0.39, 0.29) is 18.7 Å². The van der Waals surface area contributed by atoms with Gasteiger partial charge in [0, 0.05) is 13.0 Å². The lowest BCUT2D eigenvalue weighted by Gasteiger charge is -2.17. The van der Waals surface area contributed by atoms with Crippen molar-refractivity contribution in [3.8, 4) is 0 Å². The molecule has 0 saturated carbocycles. The smallest absolute Gasteiger partial charge is 0.303 e. The van der Waals surface area contributed by atoms with Gasteiger partial charge in [-0.1, -0.05) is 33.1 Å². The van der Waals surface area contributed by atoms with Crippen molar-refractivity contribution in [3.63, 3.8) is 0 Å². The molecule has 0 rings (SSSR count). The summed E-state index contributed by atoms with van der Waals surface area (Å²) >= 11 is 0. The third kappa shape index (κ3) is 8.06. The summed E-state index contributed by atoms with van der Waals surface area (Å²) in [5.74, 6) is -0.681. The number of carbonyl (C=O) groups is 2. The van der Waals surface area contributed by atoms with E-state index in [1.54, 1.807) is 0 Å². The number of carboxylic acid groups (broad SMARTS) is 1. The van der Waals surface area contributed by atoms with Crippen molar-refractivity contribution in [3.05, 3.63) is 0 Å². The maximum Gasteiger partial charge on any atom is 0.303 e. The van der Waals surface area contributed by atoms with E-state index in [9.17, 15) is 9.59 Å². The number of amides is 1. The van der Waals surface area contributed by atoms with Gasteiger partial charge in [-0.3, -0.25) is 9.59 Å². The van der Waals surface area contributed by atoms with Crippen molar-refractivity contribution in [1.29, 1.82) is 0 Å². The molecule has 0 aliphatic heterocycles. The van der Waals surface area contributed by atoms with E-state index >= 15 is 0 Å². The van der Waals surface area contributed by atoms with E-state index in [4.69, 9.17) is 10.8 Å². The molecule has 0 fully saturated rings. The molecule has 1 amide bonds. The van der Waals surface area contributed by atoms with Gasteiger partial charge in [0.15, 0.2) is 0 Å². The molecule has 5 heteroatoms. The summed E-state index contributed by atoms with van der Waals surface area (Å²) < 4.78 is 0. The third-order valence-corrected chi connectivity index (χ3v) is 3.11. The zero-order valence-electron chi connectivity index (χ0n) is 11.4. The standard InChI is InChI=1S/C13H26N2O3/c1-3-5-6-10(4-2)9-15-13(18)11(14)7-8-12(16)17/h10-11H,3-9,14H2,1-2H3,(H,15,18)(H,16,17)/t10-,11-/m1/s1. The SMILES string of the molecule is CCCC[C@@H](CC)CNC(=O)[C@H](N)CCC(=O)O. The molecule has 18 heavy (non-hydrogen) atoms. The van der Waals surface area contributed by atoms with Gasteiger partial charge >= 0.3 is 5.97 Å². The van der Waals surface area contributed by atoms with Gasteiger partial charge in [-0.25, -0.2) is 0 Å². The van der Waals surface area contributed by atoms with Crippen LogP contribution in [0.3, 0.4) is 0 Å². The molecule has 0 bridgehead atoms. The summed E-state index contributed by atoms with van der Waals surface area (Å²) in [6.45, 7) is 4.89. The fourth-order valence-corrected chi connectivity index (χ4v) is 1.73. The Bertz CT molecular complexity index is 257. The van der Waals surface area contributed by atoms with Crippen molar-refractivity contribution in [1.82, 2.24) is 5.32 Å². The normalized spacial score (nSPS) is 13.9. The minimum atomic E-state index is -0.923. The second-order valence-electron chi connectivity index (χ2n) is 4.70. The highest BCUT2D eigenvalue weighted by molar-refractivity contribution is 5.82. The summed E-state index contributed by atoms with van der Waals surface area (Å²) in [4.78, 5) is 22.0. The minimum absolute atomic E-state index is 0.0678. The fourth-order valence-electron chi connectivity index (χ4n) is 1.73. The Morgan fingerprint density at radius 3 is 2.44 bits per heavy atom. The number of nitrogens with one attached hydrogen (secondary N) is 1. The molecule has 4 N–H and O–H groups in total. The predicted molar refractivity (Wildman–Crippen MR) is 71.2 cm³/mol. The average molecular weight is 258 g/mol. The maximum atomic E-state index is 11.6. The van der Waals surface area contributed by atoms with E-state index in [2.05, 4.69) is 19.2 Å². The van der Waals surface area contributed by atoms with E-state index in [1.807, 2.05) is 0 Å². The molecule has 0 aliphatic rings. The van der Waals surface area contributed by atoms with E-state index < -0.39 is 12.0 Å². The number of rotatable bonds is 10. The van der Waals surface area contributed by atoms with Crippen LogP contribution in [0.2, 0.25) is 0 Å². The Labute approximate surface area is 109 Å². The number of aliphatic carboxylic acids is 1. The van der Waals surface area contributed by atoms with Gasteiger partial charge < -0.3 is 16.2 Å². The maximum absolute atomic E-state index is 11.6. The van der Waals surface area contributed by atoms with Crippen molar-refractivity contribution in [2.75, 3.05) is 6.54 Å². The first kappa shape index (κ1) is 16.9. The quantitative estimate of drug-likeness (QED) is 0.554. The number of unbranched alkanes of at least 4 members (excludes halogenated alkanes) is 1. The molecule has 0 aromatic heterocycles. The first-order valence-electron chi connectivity index (χ1n) is 6.76. The fraction of sp³-hybridized carbons (Fsp3) is 0.846. The van der Waals surface area contributed by atoms with Crippen LogP contribution in [0.4, 0.5) is 0 Å². The Morgan fingerprint density at radius 1 is 1.28 bits per heavy atom. The summed E-state index contributed by atoms with van der Waals surface area (Å²) in [6.07, 6.45) is 4.58. The highest BCUT2D eigenvalue weighted by atomic mass is 16.4. The van der Waals surface area contributed by atoms with Gasteiger partial charge in [-0.2, -0.15) is 0 Å². The van der Waals surface area contributed by atoms with Crippen LogP contribution in [0.25, 0.3) is 0 Å². The molecule has 0 spiro atoms. The van der Waals surface area contributed by atoms with Gasteiger partial charge in [0.2, 0.25) is 5.91 Å². The molecule has 0 heterocycles. The molecule has 0 aromatic rings. The number of carbonyl (C=O) groups excluding carboxylic acids is 1. The van der Waals surface area contributed by atoms with Crippen molar-refractivity contribution in [2.45, 2.75) is 58.4 Å². The Kier molecular flexibility index (Phi) is 9.28. The summed E-state index contributed by atoms with van der Waals surface area (Å²) in [5.41, 5.74) is 5.62. The van der Waals surface area contributed by atoms with Crippen molar-refractivity contribution < 1.29 is 14.7 Å². The zero-order chi connectivity index (χ0) is 14.0. The number of hydrogen-bond acceptors (Lipinski definition) is 3. The highest BCUT2D eigenvalue weighted by Crippen LogP contribution is 2.11. The first-order chi connectivity index (χ1) is 8.51. The molecule has 0 aliphatic carbocycles. The first-order valence-corrected chi connectivity index (χ1v) is 6.76. The third-order valence-electron chi connectivity index (χ3n) is 3.11. The molecular weight excluding hydrogens is 232 g/mol. The predicted octanol–water partition coefficient (Wildman–Crippen LogP) is 1.51. The minimum Gasteiger partial charge on any atom is -0.481 e. The van der Waals surface area contributed by atoms with Gasteiger partial charge in [-0.05, 0) is 18.8 Å². The second-order valence-corrected chi connectivity index (χ2v) is 4.70. The van der Waals surface area contributed by atoms with Gasteiger partial charge in [-0.15, -0.1) is 0 Å². The largest absolute Gasteiger partial charge is 0.481 e. The lowest BCUT2D eigenvalue weighted by atomic mass is 9.99. The van der Waals surface area contributed by atoms with E-state index in [0.29, 0.717) is 12.5 Å². The van der Waals surface area contributed by atoms with Crippen LogP contribution in [0.15, 0.2) is 0 Å². The van der Waals surface area contributed by atoms with E-state index in [1.165, 1.54) is 6.42 Å². The molecule has 2 atom stereocenters. The monoisotopic (exact) mass is 258 g/mol. The van der Waals surface area contributed by atoms with Gasteiger partial charge in [0.1, 0.15) is 0 Å². The molecule has 5 nitrogen and oxygen atoms in total. The summed E-state index contributed by atoms with van der Waals surface area (Å²) in [5, 5.41) is 11.3. The van der Waals surface area contributed by atoms with Crippen LogP contribution >= 0.6 is 0 Å². The number of nitrogens with two attached hydrogens (primary N) is 1.